The zero-order valence-electron chi connectivity index (χ0n) is 10.5. The lowest BCUT2D eigenvalue weighted by atomic mass is 10.0. The Balaban J connectivity index is 1.87. The molecule has 0 saturated heterocycles. The largest absolute Gasteiger partial charge is 0.493 e. The molecule has 0 radical (unpaired) electrons. The van der Waals surface area contributed by atoms with E-state index >= 15 is 0 Å². The van der Waals surface area contributed by atoms with Gasteiger partial charge in [-0.3, -0.25) is 0 Å². The number of thiazole rings is 1. The molecule has 0 amide bonds. The first kappa shape index (κ1) is 12.9. The molecule has 1 aliphatic rings. The Labute approximate surface area is 120 Å². The molecule has 0 fully saturated rings. The molecule has 1 aromatic carbocycles. The molecule has 1 aromatic heterocycles. The molecule has 100 valence electrons. The second-order valence-corrected chi connectivity index (χ2v) is 6.36. The number of hydrogen-bond acceptors (Lipinski definition) is 4. The van der Waals surface area contributed by atoms with Crippen LogP contribution in [0.2, 0.25) is 5.02 Å². The maximum absolute atomic E-state index is 10.3. The molecule has 1 atom stereocenters. The maximum Gasteiger partial charge on any atom is 0.126 e. The van der Waals surface area contributed by atoms with Gasteiger partial charge < -0.3 is 9.84 Å². The average molecular weight is 296 g/mol. The number of fused-ring (bicyclic) bond motifs is 1. The minimum Gasteiger partial charge on any atom is -0.493 e. The van der Waals surface area contributed by atoms with Crippen LogP contribution < -0.4 is 4.74 Å². The first-order valence-electron chi connectivity index (χ1n) is 6.18. The van der Waals surface area contributed by atoms with E-state index in [2.05, 4.69) is 4.98 Å². The molecule has 2 aromatic rings. The van der Waals surface area contributed by atoms with Crippen LogP contribution in [0, 0.1) is 6.92 Å². The summed E-state index contributed by atoms with van der Waals surface area (Å²) in [7, 11) is 0. The Bertz CT molecular complexity index is 611. The van der Waals surface area contributed by atoms with Crippen molar-refractivity contribution in [3.05, 3.63) is 44.4 Å². The van der Waals surface area contributed by atoms with Gasteiger partial charge in [0.15, 0.2) is 0 Å². The SMILES string of the molecule is Cc1ncc(C(O)Cc2cc(Cl)cc3c2OCC3)s1. The number of ether oxygens (including phenoxy) is 1. The Morgan fingerprint density at radius 3 is 3.11 bits per heavy atom. The van der Waals surface area contributed by atoms with Crippen LogP contribution in [-0.4, -0.2) is 16.7 Å². The second-order valence-electron chi connectivity index (χ2n) is 4.65. The summed E-state index contributed by atoms with van der Waals surface area (Å²) in [6.45, 7) is 2.62. The summed E-state index contributed by atoms with van der Waals surface area (Å²) in [5.41, 5.74) is 2.11. The van der Waals surface area contributed by atoms with Crippen LogP contribution >= 0.6 is 22.9 Å². The molecule has 3 rings (SSSR count). The summed E-state index contributed by atoms with van der Waals surface area (Å²) in [4.78, 5) is 5.05. The van der Waals surface area contributed by atoms with E-state index in [0.717, 1.165) is 33.2 Å². The fraction of sp³-hybridized carbons (Fsp3) is 0.357. The third-order valence-electron chi connectivity index (χ3n) is 3.21. The van der Waals surface area contributed by atoms with Gasteiger partial charge in [-0.2, -0.15) is 0 Å². The van der Waals surface area contributed by atoms with E-state index in [4.69, 9.17) is 16.3 Å². The lowest BCUT2D eigenvalue weighted by molar-refractivity contribution is 0.180. The van der Waals surface area contributed by atoms with Crippen molar-refractivity contribution in [2.45, 2.75) is 25.9 Å². The van der Waals surface area contributed by atoms with Crippen LogP contribution in [0.25, 0.3) is 0 Å². The number of hydrogen-bond donors (Lipinski definition) is 1. The number of benzene rings is 1. The molecule has 0 aliphatic carbocycles. The zero-order valence-corrected chi connectivity index (χ0v) is 12.1. The molecule has 2 heterocycles. The fourth-order valence-electron chi connectivity index (χ4n) is 2.34. The molecule has 0 spiro atoms. The number of aliphatic hydroxyl groups is 1. The van der Waals surface area contributed by atoms with Crippen molar-refractivity contribution in [3.63, 3.8) is 0 Å². The summed E-state index contributed by atoms with van der Waals surface area (Å²) in [5.74, 6) is 0.893. The highest BCUT2D eigenvalue weighted by atomic mass is 35.5. The van der Waals surface area contributed by atoms with Crippen LogP contribution in [0.4, 0.5) is 0 Å². The Morgan fingerprint density at radius 2 is 2.37 bits per heavy atom. The van der Waals surface area contributed by atoms with Crippen LogP contribution in [0.15, 0.2) is 18.3 Å². The highest BCUT2D eigenvalue weighted by molar-refractivity contribution is 7.11. The molecular formula is C14H14ClNO2S. The summed E-state index contributed by atoms with van der Waals surface area (Å²) >= 11 is 7.63. The first-order chi connectivity index (χ1) is 9.13. The Morgan fingerprint density at radius 1 is 1.53 bits per heavy atom. The summed E-state index contributed by atoms with van der Waals surface area (Å²) in [5, 5.41) is 11.9. The smallest absolute Gasteiger partial charge is 0.126 e. The van der Waals surface area contributed by atoms with Crippen molar-refractivity contribution in [2.24, 2.45) is 0 Å². The number of aromatic nitrogens is 1. The van der Waals surface area contributed by atoms with Crippen LogP contribution in [-0.2, 0) is 12.8 Å². The third-order valence-corrected chi connectivity index (χ3v) is 4.44. The number of aryl methyl sites for hydroxylation is 1. The molecule has 5 heteroatoms. The fourth-order valence-corrected chi connectivity index (χ4v) is 3.37. The Kier molecular flexibility index (Phi) is 3.48. The van der Waals surface area contributed by atoms with Crippen molar-refractivity contribution in [3.8, 4) is 5.75 Å². The van der Waals surface area contributed by atoms with Crippen molar-refractivity contribution in [2.75, 3.05) is 6.61 Å². The molecule has 19 heavy (non-hydrogen) atoms. The number of rotatable bonds is 3. The lowest BCUT2D eigenvalue weighted by Gasteiger charge is -2.12. The highest BCUT2D eigenvalue weighted by Gasteiger charge is 2.20. The Hall–Kier alpha value is -1.10. The number of nitrogens with zero attached hydrogens (tertiary/aromatic N) is 1. The van der Waals surface area contributed by atoms with Crippen molar-refractivity contribution in [1.82, 2.24) is 4.98 Å². The van der Waals surface area contributed by atoms with Gasteiger partial charge in [0.2, 0.25) is 0 Å². The third kappa shape index (κ3) is 2.61. The van der Waals surface area contributed by atoms with Gasteiger partial charge in [-0.25, -0.2) is 4.98 Å². The predicted molar refractivity (Wildman–Crippen MR) is 76.2 cm³/mol. The van der Waals surface area contributed by atoms with Gasteiger partial charge in [-0.15, -0.1) is 11.3 Å². The van der Waals surface area contributed by atoms with E-state index in [1.165, 1.54) is 11.3 Å². The van der Waals surface area contributed by atoms with Gasteiger partial charge >= 0.3 is 0 Å². The minimum absolute atomic E-state index is 0.504. The van der Waals surface area contributed by atoms with E-state index in [-0.39, 0.29) is 0 Å². The second kappa shape index (κ2) is 5.12. The number of aliphatic hydroxyl groups excluding tert-OH is 1. The molecule has 0 saturated carbocycles. The van der Waals surface area contributed by atoms with Crippen LogP contribution in [0.3, 0.4) is 0 Å². The maximum atomic E-state index is 10.3. The molecular weight excluding hydrogens is 282 g/mol. The molecule has 3 nitrogen and oxygen atoms in total. The van der Waals surface area contributed by atoms with Gasteiger partial charge in [-0.1, -0.05) is 11.6 Å². The average Bonchev–Trinajstić information content (AvgIpc) is 2.97. The quantitative estimate of drug-likeness (QED) is 0.944. The van der Waals surface area contributed by atoms with Crippen molar-refractivity contribution < 1.29 is 9.84 Å². The van der Waals surface area contributed by atoms with Crippen molar-refractivity contribution >= 4 is 22.9 Å². The van der Waals surface area contributed by atoms with Gasteiger partial charge in [0.1, 0.15) is 5.75 Å². The van der Waals surface area contributed by atoms with E-state index in [1.54, 1.807) is 6.20 Å². The van der Waals surface area contributed by atoms with Gasteiger partial charge in [-0.05, 0) is 30.2 Å². The molecule has 1 unspecified atom stereocenters. The van der Waals surface area contributed by atoms with Crippen LogP contribution in [0.5, 0.6) is 5.75 Å². The van der Waals surface area contributed by atoms with E-state index in [0.29, 0.717) is 18.1 Å². The van der Waals surface area contributed by atoms with Gasteiger partial charge in [0.25, 0.3) is 0 Å². The summed E-state index contributed by atoms with van der Waals surface area (Å²) in [6.07, 6.45) is 2.57. The molecule has 1 aliphatic heterocycles. The van der Waals surface area contributed by atoms with E-state index in [9.17, 15) is 5.11 Å². The monoisotopic (exact) mass is 295 g/mol. The molecule has 1 N–H and O–H groups in total. The summed E-state index contributed by atoms with van der Waals surface area (Å²) in [6, 6.07) is 3.82. The topological polar surface area (TPSA) is 42.4 Å². The normalized spacial score (nSPS) is 15.1. The lowest BCUT2D eigenvalue weighted by Crippen LogP contribution is -2.01. The highest BCUT2D eigenvalue weighted by Crippen LogP contribution is 2.35. The van der Waals surface area contributed by atoms with Gasteiger partial charge in [0.05, 0.1) is 22.6 Å². The van der Waals surface area contributed by atoms with Crippen LogP contribution in [0.1, 0.15) is 27.1 Å². The minimum atomic E-state index is -0.557. The van der Waals surface area contributed by atoms with Gasteiger partial charge in [0, 0.05) is 24.1 Å². The summed E-state index contributed by atoms with van der Waals surface area (Å²) < 4.78 is 5.64. The molecule has 0 bridgehead atoms. The van der Waals surface area contributed by atoms with E-state index in [1.807, 2.05) is 19.1 Å². The van der Waals surface area contributed by atoms with Crippen molar-refractivity contribution in [1.29, 1.82) is 0 Å². The van der Waals surface area contributed by atoms with E-state index < -0.39 is 6.10 Å². The number of halogens is 1. The predicted octanol–water partition coefficient (Wildman–Crippen LogP) is 3.32. The first-order valence-corrected chi connectivity index (χ1v) is 7.37. The standard InChI is InChI=1S/C14H14ClNO2S/c1-8-16-7-13(19-8)12(17)6-10-5-11(15)4-9-2-3-18-14(9)10/h4-5,7,12,17H,2-3,6H2,1H3. The zero-order chi connectivity index (χ0) is 13.4.